The van der Waals surface area contributed by atoms with E-state index in [0.29, 0.717) is 96.3 Å². The number of aliphatic hydroxyl groups excluding tert-OH is 2. The summed E-state index contributed by atoms with van der Waals surface area (Å²) in [5.41, 5.74) is 8.66. The molecule has 442 valence electrons. The van der Waals surface area contributed by atoms with E-state index in [9.17, 15) is 23.8 Å². The largest absolute Gasteiger partial charge is 0.491 e. The van der Waals surface area contributed by atoms with Crippen LogP contribution in [0.3, 0.4) is 0 Å². The van der Waals surface area contributed by atoms with Crippen LogP contribution >= 0.6 is 23.2 Å². The molecular weight excluding hydrogens is 1200 g/mol. The second kappa shape index (κ2) is 32.2. The van der Waals surface area contributed by atoms with E-state index in [1.54, 1.807) is 92.7 Å². The number of carboxylic acids is 2. The molecule has 2 fully saturated rings. The molecule has 0 saturated carbocycles. The van der Waals surface area contributed by atoms with Crippen molar-refractivity contribution in [2.45, 2.75) is 51.0 Å². The molecule has 4 atom stereocenters. The number of hydrogen-bond acceptors (Lipinski definition) is 13. The Morgan fingerprint density at radius 3 is 1.39 bits per heavy atom. The van der Waals surface area contributed by atoms with Crippen molar-refractivity contribution >= 4 is 58.1 Å². The molecule has 0 aromatic heterocycles. The number of ether oxygens (including phenoxy) is 2. The van der Waals surface area contributed by atoms with Crippen LogP contribution < -0.4 is 25.0 Å². The van der Waals surface area contributed by atoms with Crippen LogP contribution in [0, 0.1) is 18.2 Å². The molecule has 8 N–H and O–H groups in total. The molecule has 22 heteroatoms. The van der Waals surface area contributed by atoms with Gasteiger partial charge in [-0.3, -0.25) is 24.2 Å². The van der Waals surface area contributed by atoms with Gasteiger partial charge in [-0.25, -0.2) is 13.6 Å². The van der Waals surface area contributed by atoms with Gasteiger partial charge in [0.15, 0.2) is 5.69 Å². The molecule has 2 saturated heterocycles. The molecule has 0 radical (unpaired) electrons. The SMILES string of the molecule is CC(=O)O.CC(=O)O.C[C@@](O)(CN1CCN(c2ccc(OCCO)cc2Cl)[C@H](c2ccc(F)cc2)C1)c1cccc(C(N)=O)c1.[C-]#[N+]c1cccc([C@](C)(O)CN2CCN(c3ccc(OCCO)cc3Cl)[C@H](c3ccc(F)cc3)C2)c1.[Pd]. The number of nitrogens with two attached hydrogens (primary N) is 1. The Labute approximate surface area is 500 Å². The van der Waals surface area contributed by atoms with Crippen molar-refractivity contribution in [1.82, 2.24) is 9.80 Å². The summed E-state index contributed by atoms with van der Waals surface area (Å²) in [5.74, 6) is -1.69. The number of amides is 1. The van der Waals surface area contributed by atoms with E-state index in [1.165, 1.54) is 24.3 Å². The fraction of sp³-hybridized carbons (Fsp3) is 0.333. The van der Waals surface area contributed by atoms with Crippen LogP contribution in [0.2, 0.25) is 10.0 Å². The zero-order chi connectivity index (χ0) is 59.4. The van der Waals surface area contributed by atoms with Crippen LogP contribution in [0.25, 0.3) is 4.85 Å². The fourth-order valence-electron chi connectivity index (χ4n) is 9.40. The van der Waals surface area contributed by atoms with Gasteiger partial charge in [-0.05, 0) is 96.8 Å². The predicted octanol–water partition coefficient (Wildman–Crippen LogP) is 9.07. The van der Waals surface area contributed by atoms with Crippen LogP contribution in [0.5, 0.6) is 11.5 Å². The topological polar surface area (TPSA) is 234 Å². The number of rotatable bonds is 17. The molecule has 0 bridgehead atoms. The number of aliphatic hydroxyl groups is 4. The quantitative estimate of drug-likeness (QED) is 0.0333. The molecule has 0 aliphatic carbocycles. The number of β-amino-alcohol motifs (C(OH)–C–C–N with tert-alkyl or cyclic N) is 2. The molecule has 2 heterocycles. The molecule has 17 nitrogen and oxygen atoms in total. The van der Waals surface area contributed by atoms with E-state index in [4.69, 9.17) is 75.0 Å². The van der Waals surface area contributed by atoms with Gasteiger partial charge in [0, 0.05) is 104 Å². The monoisotopic (exact) mass is 1260 g/mol. The second-order valence-electron chi connectivity index (χ2n) is 19.6. The zero-order valence-electron chi connectivity index (χ0n) is 45.7. The van der Waals surface area contributed by atoms with E-state index >= 15 is 0 Å². The van der Waals surface area contributed by atoms with Gasteiger partial charge in [0.05, 0.1) is 64.5 Å². The van der Waals surface area contributed by atoms with Gasteiger partial charge in [-0.15, -0.1) is 0 Å². The first-order valence-corrected chi connectivity index (χ1v) is 26.5. The number of aliphatic carboxylic acids is 2. The van der Waals surface area contributed by atoms with Crippen molar-refractivity contribution in [3.05, 3.63) is 194 Å². The first kappa shape index (κ1) is 67.8. The summed E-state index contributed by atoms with van der Waals surface area (Å²) in [5, 5.41) is 56.6. The van der Waals surface area contributed by atoms with Crippen molar-refractivity contribution < 1.29 is 83.7 Å². The molecule has 6 aromatic rings. The van der Waals surface area contributed by atoms with E-state index in [2.05, 4.69) is 24.4 Å². The van der Waals surface area contributed by atoms with E-state index in [0.717, 1.165) is 36.3 Å². The molecule has 8 rings (SSSR count). The molecule has 2 aliphatic rings. The average Bonchev–Trinajstić information content (AvgIpc) is 3.63. The normalized spacial score (nSPS) is 16.5. The van der Waals surface area contributed by atoms with Gasteiger partial charge < -0.3 is 55.6 Å². The van der Waals surface area contributed by atoms with Crippen molar-refractivity contribution in [2.75, 3.05) is 88.6 Å². The minimum atomic E-state index is -1.23. The minimum absolute atomic E-state index is 0. The average molecular weight is 1260 g/mol. The number of anilines is 2. The number of carboxylic acid groups (broad SMARTS) is 2. The van der Waals surface area contributed by atoms with Crippen molar-refractivity contribution in [2.24, 2.45) is 5.73 Å². The van der Waals surface area contributed by atoms with Crippen molar-refractivity contribution in [1.29, 1.82) is 0 Å². The van der Waals surface area contributed by atoms with Crippen molar-refractivity contribution in [3.63, 3.8) is 0 Å². The van der Waals surface area contributed by atoms with Gasteiger partial charge in [-0.2, -0.15) is 0 Å². The van der Waals surface area contributed by atoms with Crippen LogP contribution in [0.4, 0.5) is 25.8 Å². The summed E-state index contributed by atoms with van der Waals surface area (Å²) >= 11 is 13.3. The standard InChI is InChI=1S/C28H31ClFN3O4.C28H29ClFN3O3.2C2H4O2.Pd/c1-28(36,21-4-2-3-20(15-21)27(31)35)18-32-11-12-33(26(17-32)19-5-7-22(30)8-6-19)25-10-9-23(16-24(25)29)37-14-13-34;1-28(35,21-4-3-5-23(16-21)31-2)19-32-12-13-33(27(18-32)20-6-8-22(30)9-7-20)26-11-10-24(17-25(26)29)36-15-14-34;2*1-2(3)4;/h2-10,15-16,26,34,36H,11-14,17-18H2,1H3,(H2,31,35);3-11,16-17,27,34-35H,12-15,18-19H2,1H3;2*1H3,(H,3,4);/t26-,28+;27-,28+;;;/m00.../s1. The third-order valence-electron chi connectivity index (χ3n) is 13.0. The maximum atomic E-state index is 13.7. The Hall–Kier alpha value is -6.72. The first-order valence-electron chi connectivity index (χ1n) is 25.7. The molecule has 82 heavy (non-hydrogen) atoms. The van der Waals surface area contributed by atoms with Gasteiger partial charge in [0.2, 0.25) is 5.91 Å². The first-order chi connectivity index (χ1) is 38.4. The second-order valence-corrected chi connectivity index (χ2v) is 20.4. The van der Waals surface area contributed by atoms with Gasteiger partial charge in [-0.1, -0.05) is 83.9 Å². The molecule has 1 amide bonds. The summed E-state index contributed by atoms with van der Waals surface area (Å²) in [6.45, 7) is 17.5. The third kappa shape index (κ3) is 20.3. The Kier molecular flexibility index (Phi) is 26.6. The van der Waals surface area contributed by atoms with E-state index in [-0.39, 0.29) is 70.6 Å². The zero-order valence-corrected chi connectivity index (χ0v) is 48.8. The van der Waals surface area contributed by atoms with Crippen LogP contribution in [-0.2, 0) is 41.2 Å². The Bertz CT molecular complexity index is 3060. The number of carbonyl (C=O) groups is 3. The predicted molar refractivity (Wildman–Crippen MR) is 307 cm³/mol. The van der Waals surface area contributed by atoms with Crippen LogP contribution in [-0.4, -0.2) is 137 Å². The number of benzene rings is 6. The number of nitrogens with zero attached hydrogens (tertiary/aromatic N) is 5. The number of carbonyl (C=O) groups excluding carboxylic acids is 1. The summed E-state index contributed by atoms with van der Waals surface area (Å²) in [4.78, 5) is 41.8. The maximum Gasteiger partial charge on any atom is 0.300 e. The third-order valence-corrected chi connectivity index (χ3v) is 13.7. The summed E-state index contributed by atoms with van der Waals surface area (Å²) in [6, 6.07) is 37.2. The Balaban J connectivity index is 0.000000308. The molecule has 2 aliphatic heterocycles. The van der Waals surface area contributed by atoms with Gasteiger partial charge in [0.1, 0.15) is 36.3 Å². The summed E-state index contributed by atoms with van der Waals surface area (Å²) in [6.07, 6.45) is 0. The van der Waals surface area contributed by atoms with E-state index < -0.39 is 29.0 Å². The molecule has 0 unspecified atom stereocenters. The number of piperazine rings is 2. The smallest absolute Gasteiger partial charge is 0.300 e. The summed E-state index contributed by atoms with van der Waals surface area (Å²) < 4.78 is 38.4. The van der Waals surface area contributed by atoms with E-state index in [1.807, 2.05) is 30.3 Å². The molecule has 6 aromatic carbocycles. The van der Waals surface area contributed by atoms with Gasteiger partial charge >= 0.3 is 0 Å². The number of halogens is 4. The number of primary amides is 1. The summed E-state index contributed by atoms with van der Waals surface area (Å²) in [7, 11) is 0. The van der Waals surface area contributed by atoms with Crippen molar-refractivity contribution in [3.8, 4) is 11.5 Å². The Morgan fingerprint density at radius 2 is 1.02 bits per heavy atom. The maximum absolute atomic E-state index is 13.7. The fourth-order valence-corrected chi connectivity index (χ4v) is 9.96. The molecular formula is C60H68Cl2F2N6O11Pd. The molecule has 0 spiro atoms. The van der Waals surface area contributed by atoms with Crippen LogP contribution in [0.15, 0.2) is 133 Å². The Morgan fingerprint density at radius 1 is 0.634 bits per heavy atom. The minimum Gasteiger partial charge on any atom is -0.491 e. The van der Waals surface area contributed by atoms with Gasteiger partial charge in [0.25, 0.3) is 11.9 Å². The van der Waals surface area contributed by atoms with Crippen LogP contribution in [0.1, 0.15) is 72.4 Å². The number of hydrogen-bond donors (Lipinski definition) is 7.